The molecule has 0 unspecified atom stereocenters. The molecule has 182 valence electrons. The lowest BCUT2D eigenvalue weighted by molar-refractivity contribution is 0.673. The van der Waals surface area contributed by atoms with E-state index in [0.717, 1.165) is 55.2 Å². The molecular weight excluding hydrogens is 478 g/mol. The second-order valence-electron chi connectivity index (χ2n) is 10.0. The Morgan fingerprint density at radius 2 is 1.05 bits per heavy atom. The maximum Gasteiger partial charge on any atom is 0.147 e. The third-order valence-electron chi connectivity index (χ3n) is 7.96. The van der Waals surface area contributed by atoms with E-state index in [2.05, 4.69) is 117 Å². The van der Waals surface area contributed by atoms with Gasteiger partial charge in [-0.1, -0.05) is 72.8 Å². The summed E-state index contributed by atoms with van der Waals surface area (Å²) in [6, 6.07) is 40.5. The average molecular weight is 500 g/mol. The normalized spacial score (nSPS) is 12.1. The van der Waals surface area contributed by atoms with Crippen molar-refractivity contribution in [2.45, 2.75) is 0 Å². The Hall–Kier alpha value is -5.35. The first-order valence-electron chi connectivity index (χ1n) is 13.2. The van der Waals surface area contributed by atoms with Crippen LogP contribution >= 0.6 is 0 Å². The molecule has 0 aliphatic heterocycles. The van der Waals surface area contributed by atoms with Gasteiger partial charge < -0.3 is 13.6 Å². The first-order chi connectivity index (χ1) is 19.4. The Balaban J connectivity index is 1.70. The minimum atomic E-state index is 0.893. The van der Waals surface area contributed by atoms with Crippen LogP contribution in [0.5, 0.6) is 0 Å². The molecule has 9 rings (SSSR count). The zero-order chi connectivity index (χ0) is 25.5. The molecule has 0 N–H and O–H groups in total. The number of furan rings is 1. The minimum Gasteiger partial charge on any atom is -0.455 e. The summed E-state index contributed by atoms with van der Waals surface area (Å²) in [4.78, 5) is 4.50. The monoisotopic (exact) mass is 499 g/mol. The Labute approximate surface area is 222 Å². The molecular formula is C35H21N3O. The third-order valence-corrected chi connectivity index (χ3v) is 7.96. The van der Waals surface area contributed by atoms with Crippen LogP contribution in [-0.2, 0) is 0 Å². The van der Waals surface area contributed by atoms with Crippen LogP contribution in [0, 0.1) is 0 Å². The molecule has 4 nitrogen and oxygen atoms in total. The van der Waals surface area contributed by atoms with Crippen LogP contribution in [0.1, 0.15) is 0 Å². The van der Waals surface area contributed by atoms with E-state index in [9.17, 15) is 0 Å². The molecule has 9 aromatic rings. The largest absolute Gasteiger partial charge is 0.455 e. The highest BCUT2D eigenvalue weighted by atomic mass is 16.3. The van der Waals surface area contributed by atoms with Gasteiger partial charge in [-0.05, 0) is 42.5 Å². The second kappa shape index (κ2) is 7.59. The first kappa shape index (κ1) is 20.7. The zero-order valence-electron chi connectivity index (χ0n) is 20.9. The summed E-state index contributed by atoms with van der Waals surface area (Å²) in [7, 11) is 0. The van der Waals surface area contributed by atoms with Crippen molar-refractivity contribution in [3.05, 3.63) is 128 Å². The fourth-order valence-corrected chi connectivity index (χ4v) is 6.48. The number of rotatable bonds is 2. The van der Waals surface area contributed by atoms with Crippen molar-refractivity contribution in [3.63, 3.8) is 0 Å². The van der Waals surface area contributed by atoms with Gasteiger partial charge in [0.1, 0.15) is 11.2 Å². The van der Waals surface area contributed by atoms with E-state index < -0.39 is 0 Å². The predicted molar refractivity (Wildman–Crippen MR) is 160 cm³/mol. The Kier molecular flexibility index (Phi) is 4.02. The highest BCUT2D eigenvalue weighted by Gasteiger charge is 2.27. The number of fused-ring (bicyclic) bond motifs is 12. The summed E-state index contributed by atoms with van der Waals surface area (Å²) in [6.45, 7) is 0. The number of nitrogens with zero attached hydrogens (tertiary/aromatic N) is 3. The molecule has 0 amide bonds. The van der Waals surface area contributed by atoms with Crippen molar-refractivity contribution in [1.82, 2.24) is 14.1 Å². The van der Waals surface area contributed by atoms with Gasteiger partial charge >= 0.3 is 0 Å². The number of aromatic nitrogens is 3. The van der Waals surface area contributed by atoms with Crippen LogP contribution in [0.25, 0.3) is 76.9 Å². The third kappa shape index (κ3) is 2.65. The summed E-state index contributed by atoms with van der Waals surface area (Å²) in [5.74, 6) is 0. The highest BCUT2D eigenvalue weighted by molar-refractivity contribution is 6.39. The molecule has 0 spiro atoms. The molecule has 4 heterocycles. The topological polar surface area (TPSA) is 35.9 Å². The van der Waals surface area contributed by atoms with Crippen LogP contribution in [-0.4, -0.2) is 14.1 Å². The van der Waals surface area contributed by atoms with E-state index in [1.165, 1.54) is 21.7 Å². The molecule has 0 saturated carbocycles. The van der Waals surface area contributed by atoms with Crippen LogP contribution in [0.15, 0.2) is 132 Å². The van der Waals surface area contributed by atoms with Gasteiger partial charge in [-0.25, -0.2) is 0 Å². The van der Waals surface area contributed by atoms with Crippen molar-refractivity contribution < 1.29 is 4.42 Å². The SMILES string of the molecule is c1ccc(-n2c3ccccc3c3c4c(c5ccccc5n4-c4cccnc4)c4oc5ccccc5c4c32)cc1. The summed E-state index contributed by atoms with van der Waals surface area (Å²) in [5.41, 5.74) is 8.55. The van der Waals surface area contributed by atoms with Gasteiger partial charge in [0, 0.05) is 33.4 Å². The van der Waals surface area contributed by atoms with Gasteiger partial charge in [0.25, 0.3) is 0 Å². The smallest absolute Gasteiger partial charge is 0.147 e. The number of hydrogen-bond acceptors (Lipinski definition) is 2. The summed E-state index contributed by atoms with van der Waals surface area (Å²) in [5, 5.41) is 6.98. The van der Waals surface area contributed by atoms with Gasteiger partial charge in [-0.3, -0.25) is 4.98 Å². The molecule has 0 atom stereocenters. The lowest BCUT2D eigenvalue weighted by atomic mass is 10.0. The summed E-state index contributed by atoms with van der Waals surface area (Å²) >= 11 is 0. The lowest BCUT2D eigenvalue weighted by Gasteiger charge is -2.11. The van der Waals surface area contributed by atoms with E-state index in [-0.39, 0.29) is 0 Å². The quantitative estimate of drug-likeness (QED) is 0.238. The van der Waals surface area contributed by atoms with Crippen LogP contribution < -0.4 is 0 Å². The number of benzene rings is 5. The van der Waals surface area contributed by atoms with E-state index in [4.69, 9.17) is 4.42 Å². The summed E-state index contributed by atoms with van der Waals surface area (Å²) < 4.78 is 11.5. The van der Waals surface area contributed by atoms with E-state index >= 15 is 0 Å². The Morgan fingerprint density at radius 1 is 0.487 bits per heavy atom. The number of hydrogen-bond donors (Lipinski definition) is 0. The van der Waals surface area contributed by atoms with Crippen molar-refractivity contribution in [2.75, 3.05) is 0 Å². The van der Waals surface area contributed by atoms with Crippen molar-refractivity contribution in [1.29, 1.82) is 0 Å². The molecule has 39 heavy (non-hydrogen) atoms. The zero-order valence-corrected chi connectivity index (χ0v) is 20.9. The molecule has 0 saturated heterocycles. The summed E-state index contributed by atoms with van der Waals surface area (Å²) in [6.07, 6.45) is 3.77. The highest BCUT2D eigenvalue weighted by Crippen LogP contribution is 2.49. The molecule has 4 aromatic heterocycles. The Morgan fingerprint density at radius 3 is 1.77 bits per heavy atom. The standard InChI is InChI=1S/C35H21N3O/c1-2-11-22(12-3-1)37-27-17-7-4-14-24(27)30-33-31(35-32(34(30)37)26-16-6-9-19-29(26)39-35)25-15-5-8-18-28(25)38(33)23-13-10-20-36-21-23/h1-21H. The van der Waals surface area contributed by atoms with Crippen molar-refractivity contribution in [2.24, 2.45) is 0 Å². The number of para-hydroxylation sites is 4. The second-order valence-corrected chi connectivity index (χ2v) is 10.0. The predicted octanol–water partition coefficient (Wildman–Crippen LogP) is 9.18. The molecule has 0 fully saturated rings. The fourth-order valence-electron chi connectivity index (χ4n) is 6.48. The van der Waals surface area contributed by atoms with Crippen LogP contribution in [0.4, 0.5) is 0 Å². The minimum absolute atomic E-state index is 0.893. The van der Waals surface area contributed by atoms with Gasteiger partial charge in [-0.2, -0.15) is 0 Å². The maximum atomic E-state index is 6.78. The van der Waals surface area contributed by atoms with Gasteiger partial charge in [0.05, 0.1) is 44.7 Å². The van der Waals surface area contributed by atoms with Crippen molar-refractivity contribution >= 4 is 65.6 Å². The van der Waals surface area contributed by atoms with Gasteiger partial charge in [0.15, 0.2) is 0 Å². The van der Waals surface area contributed by atoms with Gasteiger partial charge in [0.2, 0.25) is 0 Å². The Bertz CT molecular complexity index is 2300. The maximum absolute atomic E-state index is 6.78. The average Bonchev–Trinajstić information content (AvgIpc) is 3.66. The molecule has 0 radical (unpaired) electrons. The van der Waals surface area contributed by atoms with Gasteiger partial charge in [-0.15, -0.1) is 0 Å². The van der Waals surface area contributed by atoms with E-state index in [1.807, 2.05) is 24.5 Å². The van der Waals surface area contributed by atoms with E-state index in [1.54, 1.807) is 0 Å². The molecule has 4 heteroatoms. The van der Waals surface area contributed by atoms with Crippen LogP contribution in [0.2, 0.25) is 0 Å². The molecule has 0 aliphatic rings. The molecule has 0 bridgehead atoms. The van der Waals surface area contributed by atoms with Crippen LogP contribution in [0.3, 0.4) is 0 Å². The lowest BCUT2D eigenvalue weighted by Crippen LogP contribution is -1.96. The first-order valence-corrected chi connectivity index (χ1v) is 13.2. The van der Waals surface area contributed by atoms with Crippen molar-refractivity contribution in [3.8, 4) is 11.4 Å². The fraction of sp³-hybridized carbons (Fsp3) is 0. The number of pyridine rings is 1. The molecule has 5 aromatic carbocycles. The molecule has 0 aliphatic carbocycles. The van der Waals surface area contributed by atoms with E-state index in [0.29, 0.717) is 0 Å².